The van der Waals surface area contributed by atoms with Crippen LogP contribution in [0.4, 0.5) is 0 Å². The molecule has 1 aromatic heterocycles. The van der Waals surface area contributed by atoms with Crippen LogP contribution in [0.5, 0.6) is 0 Å². The summed E-state index contributed by atoms with van der Waals surface area (Å²) < 4.78 is 1.03. The molecule has 1 aliphatic carbocycles. The molecule has 1 aliphatic rings. The van der Waals surface area contributed by atoms with Gasteiger partial charge < -0.3 is 27.4 Å². The summed E-state index contributed by atoms with van der Waals surface area (Å²) in [5.41, 5.74) is 13.2. The lowest BCUT2D eigenvalue weighted by Gasteiger charge is -2.32. The Labute approximate surface area is 246 Å². The topological polar surface area (TPSA) is 169 Å². The molecule has 1 fully saturated rings. The minimum atomic E-state index is -0.900. The highest BCUT2D eigenvalue weighted by atomic mass is 32.1. The van der Waals surface area contributed by atoms with Crippen molar-refractivity contribution in [2.75, 3.05) is 6.54 Å². The third-order valence-corrected chi connectivity index (χ3v) is 8.82. The minimum Gasteiger partial charge on any atom is -0.368 e. The monoisotopic (exact) mass is 586 g/mol. The number of unbranched alkanes of at least 4 members (excludes halogenated alkanes) is 1. The summed E-state index contributed by atoms with van der Waals surface area (Å²) in [7, 11) is 0. The maximum absolute atomic E-state index is 13.7. The van der Waals surface area contributed by atoms with Crippen LogP contribution in [-0.4, -0.2) is 53.3 Å². The number of aromatic nitrogens is 1. The lowest BCUT2D eigenvalue weighted by Crippen LogP contribution is -2.59. The van der Waals surface area contributed by atoms with Gasteiger partial charge in [-0.2, -0.15) is 0 Å². The van der Waals surface area contributed by atoms with E-state index in [1.54, 1.807) is 6.92 Å². The van der Waals surface area contributed by atoms with E-state index in [1.165, 1.54) is 16.9 Å². The molecule has 0 unspecified atom stereocenters. The molecule has 41 heavy (non-hydrogen) atoms. The first-order chi connectivity index (χ1) is 19.6. The summed E-state index contributed by atoms with van der Waals surface area (Å²) in [5.74, 6) is -1.45. The molecule has 0 aliphatic heterocycles. The predicted octanol–water partition coefficient (Wildman–Crippen LogP) is 3.02. The molecule has 2 aromatic rings. The summed E-state index contributed by atoms with van der Waals surface area (Å²) in [4.78, 5) is 56.5. The van der Waals surface area contributed by atoms with Crippen LogP contribution in [0.3, 0.4) is 0 Å². The predicted molar refractivity (Wildman–Crippen MR) is 162 cm³/mol. The van der Waals surface area contributed by atoms with Crippen molar-refractivity contribution in [3.63, 3.8) is 0 Å². The second-order valence-electron chi connectivity index (χ2n) is 11.3. The Bertz CT molecular complexity index is 1190. The fourth-order valence-corrected chi connectivity index (χ4v) is 6.34. The normalized spacial score (nSPS) is 16.2. The van der Waals surface area contributed by atoms with Crippen molar-refractivity contribution in [1.82, 2.24) is 20.9 Å². The zero-order valence-electron chi connectivity index (χ0n) is 24.5. The summed E-state index contributed by atoms with van der Waals surface area (Å²) >= 11 is 1.50. The number of nitrogens with zero attached hydrogens (tertiary/aromatic N) is 1. The van der Waals surface area contributed by atoms with E-state index in [2.05, 4.69) is 41.9 Å². The first kappa shape index (κ1) is 32.5. The zero-order chi connectivity index (χ0) is 29.9. The van der Waals surface area contributed by atoms with Crippen LogP contribution >= 0.6 is 11.3 Å². The Morgan fingerprint density at radius 1 is 1.00 bits per heavy atom. The van der Waals surface area contributed by atoms with E-state index >= 15 is 0 Å². The molecule has 3 rings (SSSR count). The van der Waals surface area contributed by atoms with Crippen LogP contribution in [0, 0.1) is 5.92 Å². The molecule has 0 saturated heterocycles. The molecule has 1 heterocycles. The quantitative estimate of drug-likeness (QED) is 0.201. The van der Waals surface area contributed by atoms with Gasteiger partial charge in [0.05, 0.1) is 15.2 Å². The van der Waals surface area contributed by atoms with E-state index in [0.717, 1.165) is 47.3 Å². The number of primary amides is 1. The van der Waals surface area contributed by atoms with E-state index in [-0.39, 0.29) is 24.7 Å². The van der Waals surface area contributed by atoms with Gasteiger partial charge in [0.25, 0.3) is 0 Å². The standard InChI is InChI=1S/C30H46N6O4S/c1-4-25(37)33-23(17-26-34-21-14-13-20(18(2)3)16-24(21)41-26)29(39)36-27(19-10-6-5-7-11-19)30(40)35-22(28(32)38)12-8-9-15-31/h13-14,16,18-19,22-23,27H,4-12,15,17,31H2,1-3H3,(H2,32,38)(H,33,37)(H,35,40)(H,36,39)/t22-,23-,27-/m0/s1. The number of rotatable bonds is 15. The molecule has 0 spiro atoms. The largest absolute Gasteiger partial charge is 0.368 e. The molecule has 11 heteroatoms. The fourth-order valence-electron chi connectivity index (χ4n) is 5.27. The van der Waals surface area contributed by atoms with Crippen LogP contribution in [0.15, 0.2) is 18.2 Å². The average molecular weight is 587 g/mol. The summed E-state index contributed by atoms with van der Waals surface area (Å²) in [6.45, 7) is 6.48. The smallest absolute Gasteiger partial charge is 0.243 e. The van der Waals surface area contributed by atoms with Crippen molar-refractivity contribution in [2.45, 2.75) is 109 Å². The fraction of sp³-hybridized carbons (Fsp3) is 0.633. The van der Waals surface area contributed by atoms with Gasteiger partial charge in [-0.25, -0.2) is 4.98 Å². The molecule has 0 bridgehead atoms. The maximum atomic E-state index is 13.7. The van der Waals surface area contributed by atoms with Crippen LogP contribution < -0.4 is 27.4 Å². The van der Waals surface area contributed by atoms with Gasteiger partial charge in [0, 0.05) is 12.8 Å². The molecular weight excluding hydrogens is 540 g/mol. The van der Waals surface area contributed by atoms with E-state index in [9.17, 15) is 19.2 Å². The Hall–Kier alpha value is -3.05. The summed E-state index contributed by atoms with van der Waals surface area (Å²) in [5, 5.41) is 9.28. The second kappa shape index (κ2) is 15.8. The highest BCUT2D eigenvalue weighted by Crippen LogP contribution is 2.28. The Balaban J connectivity index is 1.81. The van der Waals surface area contributed by atoms with Gasteiger partial charge in [0.1, 0.15) is 18.1 Å². The number of carbonyl (C=O) groups is 4. The number of fused-ring (bicyclic) bond motifs is 1. The van der Waals surface area contributed by atoms with Crippen LogP contribution in [0.1, 0.15) is 95.0 Å². The van der Waals surface area contributed by atoms with Crippen molar-refractivity contribution in [2.24, 2.45) is 17.4 Å². The number of carbonyl (C=O) groups excluding carboxylic acids is 4. The van der Waals surface area contributed by atoms with E-state index in [1.807, 2.05) is 6.07 Å². The third-order valence-electron chi connectivity index (χ3n) is 7.78. The third kappa shape index (κ3) is 9.49. The van der Waals surface area contributed by atoms with Gasteiger partial charge in [-0.15, -0.1) is 11.3 Å². The highest BCUT2D eigenvalue weighted by Gasteiger charge is 2.35. The SMILES string of the molecule is CCC(=O)N[C@@H](Cc1nc2ccc(C(C)C)cc2s1)C(=O)N[C@H](C(=O)N[C@@H](CCCCN)C(N)=O)C1CCCCC1. The Kier molecular flexibility index (Phi) is 12.5. The summed E-state index contributed by atoms with van der Waals surface area (Å²) in [6, 6.07) is 3.57. The second-order valence-corrected chi connectivity index (χ2v) is 12.4. The molecule has 226 valence electrons. The Morgan fingerprint density at radius 2 is 1.73 bits per heavy atom. The maximum Gasteiger partial charge on any atom is 0.243 e. The molecule has 10 nitrogen and oxygen atoms in total. The number of benzene rings is 1. The summed E-state index contributed by atoms with van der Waals surface area (Å²) in [6.07, 6.45) is 6.74. The van der Waals surface area contributed by atoms with Crippen molar-refractivity contribution >= 4 is 45.2 Å². The van der Waals surface area contributed by atoms with Crippen molar-refractivity contribution in [3.8, 4) is 0 Å². The molecule has 4 amide bonds. The van der Waals surface area contributed by atoms with E-state index in [0.29, 0.717) is 31.7 Å². The van der Waals surface area contributed by atoms with Gasteiger partial charge in [-0.1, -0.05) is 46.1 Å². The number of hydrogen-bond acceptors (Lipinski definition) is 7. The van der Waals surface area contributed by atoms with Crippen LogP contribution in [0.2, 0.25) is 0 Å². The number of nitrogens with one attached hydrogen (secondary N) is 3. The highest BCUT2D eigenvalue weighted by molar-refractivity contribution is 7.18. The minimum absolute atomic E-state index is 0.0790. The van der Waals surface area contributed by atoms with Crippen molar-refractivity contribution in [1.29, 1.82) is 0 Å². The van der Waals surface area contributed by atoms with Crippen molar-refractivity contribution in [3.05, 3.63) is 28.8 Å². The van der Waals surface area contributed by atoms with Crippen LogP contribution in [0.25, 0.3) is 10.2 Å². The Morgan fingerprint density at radius 3 is 2.37 bits per heavy atom. The first-order valence-corrected chi connectivity index (χ1v) is 15.7. The van der Waals surface area contributed by atoms with E-state index < -0.39 is 35.8 Å². The van der Waals surface area contributed by atoms with Gasteiger partial charge in [0.15, 0.2) is 0 Å². The molecular formula is C30H46N6O4S. The lowest BCUT2D eigenvalue weighted by molar-refractivity contribution is -0.134. The van der Waals surface area contributed by atoms with Gasteiger partial charge in [0.2, 0.25) is 23.6 Å². The van der Waals surface area contributed by atoms with Gasteiger partial charge in [-0.3, -0.25) is 19.2 Å². The number of amides is 4. The van der Waals surface area contributed by atoms with Gasteiger partial charge >= 0.3 is 0 Å². The van der Waals surface area contributed by atoms with Crippen LogP contribution in [-0.2, 0) is 25.6 Å². The molecule has 1 saturated carbocycles. The first-order valence-electron chi connectivity index (χ1n) is 14.9. The number of hydrogen-bond donors (Lipinski definition) is 5. The molecule has 3 atom stereocenters. The van der Waals surface area contributed by atoms with Gasteiger partial charge in [-0.05, 0) is 68.2 Å². The van der Waals surface area contributed by atoms with E-state index in [4.69, 9.17) is 16.5 Å². The van der Waals surface area contributed by atoms with Crippen molar-refractivity contribution < 1.29 is 19.2 Å². The molecule has 1 aromatic carbocycles. The average Bonchev–Trinajstić information content (AvgIpc) is 3.36. The molecule has 7 N–H and O–H groups in total. The zero-order valence-corrected chi connectivity index (χ0v) is 25.4. The molecule has 0 radical (unpaired) electrons. The lowest BCUT2D eigenvalue weighted by atomic mass is 9.83. The number of nitrogens with two attached hydrogens (primary N) is 2. The number of thiazole rings is 1.